The van der Waals surface area contributed by atoms with Gasteiger partial charge in [-0.05, 0) is 44.4 Å². The van der Waals surface area contributed by atoms with Gasteiger partial charge in [-0.3, -0.25) is 24.4 Å². The molecule has 0 bridgehead atoms. The second-order valence-corrected chi connectivity index (χ2v) is 9.32. The fraction of sp³-hybridized carbons (Fsp3) is 0.727. The van der Waals surface area contributed by atoms with E-state index >= 15 is 0 Å². The first-order chi connectivity index (χ1) is 17.3. The summed E-state index contributed by atoms with van der Waals surface area (Å²) in [6, 6.07) is -3.84. The molecule has 1 aliphatic rings. The molecule has 0 aliphatic carbocycles. The number of aliphatic imine (C=N–C) groups is 2. The first-order valence-corrected chi connectivity index (χ1v) is 12.4. The van der Waals surface area contributed by atoms with Crippen molar-refractivity contribution in [3.05, 3.63) is 0 Å². The molecule has 4 atom stereocenters. The van der Waals surface area contributed by atoms with Crippen molar-refractivity contribution in [3.63, 3.8) is 0 Å². The number of nitrogens with zero attached hydrogens (tertiary/aromatic N) is 3. The largest absolute Gasteiger partial charge is 0.480 e. The highest BCUT2D eigenvalue weighted by molar-refractivity contribution is 5.94. The normalized spacial score (nSPS) is 17.4. The number of carboxylic acid groups (broad SMARTS) is 1. The number of nitrogens with two attached hydrogens (primary N) is 5. The lowest BCUT2D eigenvalue weighted by Gasteiger charge is -2.30. The summed E-state index contributed by atoms with van der Waals surface area (Å²) in [6.07, 6.45) is 2.19. The summed E-state index contributed by atoms with van der Waals surface area (Å²) in [5.74, 6) is -3.20. The Hall–Kier alpha value is -3.62. The van der Waals surface area contributed by atoms with Crippen LogP contribution in [-0.2, 0) is 19.2 Å². The minimum atomic E-state index is -1.08. The van der Waals surface area contributed by atoms with Crippen LogP contribution in [0.5, 0.6) is 0 Å². The van der Waals surface area contributed by atoms with Crippen molar-refractivity contribution >= 4 is 35.6 Å². The molecule has 15 nitrogen and oxygen atoms in total. The van der Waals surface area contributed by atoms with E-state index in [1.54, 1.807) is 13.8 Å². The lowest BCUT2D eigenvalue weighted by atomic mass is 10.0. The number of carbonyl (C=O) groups is 4. The fourth-order valence-corrected chi connectivity index (χ4v) is 3.93. The van der Waals surface area contributed by atoms with Crippen molar-refractivity contribution < 1.29 is 24.3 Å². The van der Waals surface area contributed by atoms with Gasteiger partial charge in [-0.25, -0.2) is 4.79 Å². The minimum Gasteiger partial charge on any atom is -0.480 e. The highest BCUT2D eigenvalue weighted by Crippen LogP contribution is 2.20. The zero-order valence-corrected chi connectivity index (χ0v) is 21.6. The summed E-state index contributed by atoms with van der Waals surface area (Å²) in [5.41, 5.74) is 27.2. The van der Waals surface area contributed by atoms with Gasteiger partial charge in [0.25, 0.3) is 0 Å². The second kappa shape index (κ2) is 15.5. The quantitative estimate of drug-likeness (QED) is 0.0613. The molecule has 1 fully saturated rings. The number of carboxylic acids is 1. The Morgan fingerprint density at radius 1 is 0.946 bits per heavy atom. The topological polar surface area (TPSA) is 271 Å². The van der Waals surface area contributed by atoms with Crippen molar-refractivity contribution in [3.8, 4) is 0 Å². The summed E-state index contributed by atoms with van der Waals surface area (Å²) in [5, 5.41) is 14.8. The number of nitrogens with one attached hydrogen (secondary N) is 2. The second-order valence-electron chi connectivity index (χ2n) is 9.32. The van der Waals surface area contributed by atoms with E-state index in [0.29, 0.717) is 38.8 Å². The number of hydrogen-bond donors (Lipinski definition) is 8. The maximum atomic E-state index is 13.2. The van der Waals surface area contributed by atoms with Crippen molar-refractivity contribution in [1.82, 2.24) is 15.5 Å². The Labute approximate surface area is 216 Å². The molecule has 1 aliphatic heterocycles. The maximum Gasteiger partial charge on any atom is 0.326 e. The average molecular weight is 527 g/mol. The molecule has 0 aromatic heterocycles. The molecule has 210 valence electrons. The number of amides is 3. The number of rotatable bonds is 15. The molecule has 37 heavy (non-hydrogen) atoms. The van der Waals surface area contributed by atoms with Crippen LogP contribution in [0.25, 0.3) is 0 Å². The number of aliphatic carboxylic acids is 1. The predicted molar refractivity (Wildman–Crippen MR) is 139 cm³/mol. The third-order valence-electron chi connectivity index (χ3n) is 5.93. The van der Waals surface area contributed by atoms with Crippen molar-refractivity contribution in [1.29, 1.82) is 0 Å². The van der Waals surface area contributed by atoms with E-state index in [0.717, 1.165) is 0 Å². The van der Waals surface area contributed by atoms with Gasteiger partial charge in [-0.2, -0.15) is 0 Å². The van der Waals surface area contributed by atoms with Crippen LogP contribution in [0, 0.1) is 5.92 Å². The molecule has 0 radical (unpaired) electrons. The molecular formula is C22H42N10O5. The van der Waals surface area contributed by atoms with Crippen LogP contribution in [0.15, 0.2) is 9.98 Å². The SMILES string of the molecule is CC(C)C(NC(=O)C(CCCN=C(N)N)NC(=O)C(N)CCCN=C(N)N)C(=O)N1CCCC1C(=O)O. The van der Waals surface area contributed by atoms with Crippen LogP contribution >= 0.6 is 0 Å². The molecule has 13 N–H and O–H groups in total. The molecule has 0 aromatic rings. The smallest absolute Gasteiger partial charge is 0.326 e. The monoisotopic (exact) mass is 526 g/mol. The van der Waals surface area contributed by atoms with Crippen LogP contribution in [0.4, 0.5) is 0 Å². The van der Waals surface area contributed by atoms with Gasteiger partial charge in [0, 0.05) is 19.6 Å². The third-order valence-corrected chi connectivity index (χ3v) is 5.93. The highest BCUT2D eigenvalue weighted by atomic mass is 16.4. The molecule has 0 saturated carbocycles. The van der Waals surface area contributed by atoms with E-state index in [4.69, 9.17) is 28.7 Å². The Morgan fingerprint density at radius 2 is 1.51 bits per heavy atom. The van der Waals surface area contributed by atoms with Gasteiger partial charge in [0.15, 0.2) is 11.9 Å². The molecular weight excluding hydrogens is 484 g/mol. The lowest BCUT2D eigenvalue weighted by molar-refractivity contribution is -0.150. The van der Waals surface area contributed by atoms with Gasteiger partial charge in [0.2, 0.25) is 17.7 Å². The summed E-state index contributed by atoms with van der Waals surface area (Å²) in [4.78, 5) is 59.7. The fourth-order valence-electron chi connectivity index (χ4n) is 3.93. The van der Waals surface area contributed by atoms with Gasteiger partial charge in [-0.1, -0.05) is 13.8 Å². The zero-order valence-electron chi connectivity index (χ0n) is 21.6. The molecule has 0 spiro atoms. The number of guanidine groups is 2. The average Bonchev–Trinajstić information content (AvgIpc) is 3.31. The number of hydrogen-bond acceptors (Lipinski definition) is 7. The first kappa shape index (κ1) is 31.4. The van der Waals surface area contributed by atoms with Gasteiger partial charge >= 0.3 is 5.97 Å². The van der Waals surface area contributed by atoms with Crippen LogP contribution in [0.3, 0.4) is 0 Å². The van der Waals surface area contributed by atoms with E-state index in [9.17, 15) is 24.3 Å². The minimum absolute atomic E-state index is 0.0617. The van der Waals surface area contributed by atoms with Crippen molar-refractivity contribution in [2.24, 2.45) is 44.6 Å². The third kappa shape index (κ3) is 10.9. The Bertz CT molecular complexity index is 855. The van der Waals surface area contributed by atoms with Crippen LogP contribution in [0.2, 0.25) is 0 Å². The number of likely N-dealkylation sites (tertiary alicyclic amines) is 1. The Balaban J connectivity index is 2.93. The molecule has 0 aromatic carbocycles. The first-order valence-electron chi connectivity index (χ1n) is 12.4. The molecule has 1 heterocycles. The molecule has 3 amide bonds. The Kier molecular flexibility index (Phi) is 13.1. The summed E-state index contributed by atoms with van der Waals surface area (Å²) < 4.78 is 0. The van der Waals surface area contributed by atoms with Crippen LogP contribution < -0.4 is 39.3 Å². The Morgan fingerprint density at radius 3 is 2.03 bits per heavy atom. The molecule has 1 rings (SSSR count). The zero-order chi connectivity index (χ0) is 28.1. The van der Waals surface area contributed by atoms with Crippen LogP contribution in [0.1, 0.15) is 52.4 Å². The van der Waals surface area contributed by atoms with Gasteiger partial charge in [0.1, 0.15) is 18.1 Å². The van der Waals surface area contributed by atoms with Crippen molar-refractivity contribution in [2.45, 2.75) is 76.5 Å². The van der Waals surface area contributed by atoms with E-state index < -0.39 is 47.9 Å². The standard InChI is InChI=1S/C22H42N10O5/c1-12(2)16(19(35)32-11-5-8-15(32)20(36)37)31-18(34)14(7-4-10-29-22(26)27)30-17(33)13(23)6-3-9-28-21(24)25/h12-16H,3-11,23H2,1-2H3,(H,30,33)(H,31,34)(H,36,37)(H4,24,25,28)(H4,26,27,29). The predicted octanol–water partition coefficient (Wildman–Crippen LogP) is -2.88. The summed E-state index contributed by atoms with van der Waals surface area (Å²) >= 11 is 0. The van der Waals surface area contributed by atoms with Gasteiger partial charge < -0.3 is 49.3 Å². The summed E-state index contributed by atoms with van der Waals surface area (Å²) in [7, 11) is 0. The van der Waals surface area contributed by atoms with Gasteiger partial charge in [-0.15, -0.1) is 0 Å². The summed E-state index contributed by atoms with van der Waals surface area (Å²) in [6.45, 7) is 4.31. The maximum absolute atomic E-state index is 13.2. The van der Waals surface area contributed by atoms with E-state index in [-0.39, 0.29) is 37.2 Å². The van der Waals surface area contributed by atoms with Crippen molar-refractivity contribution in [2.75, 3.05) is 19.6 Å². The van der Waals surface area contributed by atoms with Crippen LogP contribution in [-0.4, -0.2) is 89.4 Å². The van der Waals surface area contributed by atoms with Gasteiger partial charge in [0.05, 0.1) is 6.04 Å². The highest BCUT2D eigenvalue weighted by Gasteiger charge is 2.39. The molecule has 15 heteroatoms. The van der Waals surface area contributed by atoms with E-state index in [2.05, 4.69) is 20.6 Å². The van der Waals surface area contributed by atoms with E-state index in [1.165, 1.54) is 4.90 Å². The van der Waals surface area contributed by atoms with E-state index in [1.807, 2.05) is 0 Å². The molecule has 4 unspecified atom stereocenters. The molecule has 1 saturated heterocycles. The number of carbonyl (C=O) groups excluding carboxylic acids is 3. The lowest BCUT2D eigenvalue weighted by Crippen LogP contribution is -2.58.